The van der Waals surface area contributed by atoms with Crippen LogP contribution in [0, 0.1) is 13.8 Å². The fourth-order valence-electron chi connectivity index (χ4n) is 3.95. The number of nitrogens with zero attached hydrogens (tertiary/aromatic N) is 2. The van der Waals surface area contributed by atoms with Gasteiger partial charge in [0.1, 0.15) is 12.6 Å². The van der Waals surface area contributed by atoms with E-state index < -0.39 is 28.5 Å². The average molecular weight is 542 g/mol. The van der Waals surface area contributed by atoms with E-state index in [4.69, 9.17) is 11.6 Å². The SMILES string of the molecule is CCNC(=O)C(C)N(Cc1ccccc1Cl)C(=O)CN(c1cccc(C)c1C)S(=O)(=O)c1ccccc1. The second-order valence-corrected chi connectivity index (χ2v) is 11.0. The van der Waals surface area contributed by atoms with Crippen molar-refractivity contribution in [2.24, 2.45) is 0 Å². The molecule has 3 aromatic rings. The minimum absolute atomic E-state index is 0.0445. The third-order valence-corrected chi connectivity index (χ3v) is 8.41. The summed E-state index contributed by atoms with van der Waals surface area (Å²) in [6.07, 6.45) is 0. The number of benzene rings is 3. The number of carbonyl (C=O) groups excluding carboxylic acids is 2. The smallest absolute Gasteiger partial charge is 0.264 e. The van der Waals surface area contributed by atoms with E-state index in [0.29, 0.717) is 22.8 Å². The Morgan fingerprint density at radius 2 is 1.59 bits per heavy atom. The Hall–Kier alpha value is -3.36. The Kier molecular flexibility index (Phi) is 9.34. The summed E-state index contributed by atoms with van der Waals surface area (Å²) < 4.78 is 28.8. The summed E-state index contributed by atoms with van der Waals surface area (Å²) in [7, 11) is -4.10. The molecule has 3 aromatic carbocycles. The summed E-state index contributed by atoms with van der Waals surface area (Å²) in [5, 5.41) is 3.19. The molecule has 1 N–H and O–H groups in total. The lowest BCUT2D eigenvalue weighted by molar-refractivity contribution is -0.139. The van der Waals surface area contributed by atoms with Gasteiger partial charge in [-0.25, -0.2) is 8.42 Å². The van der Waals surface area contributed by atoms with Crippen LogP contribution in [-0.4, -0.2) is 44.3 Å². The Bertz CT molecular complexity index is 1360. The molecule has 0 radical (unpaired) electrons. The van der Waals surface area contributed by atoms with Gasteiger partial charge in [-0.05, 0) is 68.7 Å². The van der Waals surface area contributed by atoms with Crippen molar-refractivity contribution in [3.63, 3.8) is 0 Å². The van der Waals surface area contributed by atoms with Crippen LogP contribution < -0.4 is 9.62 Å². The van der Waals surface area contributed by atoms with Crippen LogP contribution in [0.1, 0.15) is 30.5 Å². The van der Waals surface area contributed by atoms with E-state index >= 15 is 0 Å². The van der Waals surface area contributed by atoms with E-state index in [0.717, 1.165) is 15.4 Å². The number of carbonyl (C=O) groups is 2. The molecule has 0 bridgehead atoms. The van der Waals surface area contributed by atoms with Crippen LogP contribution in [0.2, 0.25) is 5.02 Å². The third-order valence-electron chi connectivity index (χ3n) is 6.27. The van der Waals surface area contributed by atoms with Crippen LogP contribution in [0.25, 0.3) is 0 Å². The highest BCUT2D eigenvalue weighted by Crippen LogP contribution is 2.29. The largest absolute Gasteiger partial charge is 0.355 e. The van der Waals surface area contributed by atoms with E-state index in [-0.39, 0.29) is 17.3 Å². The second-order valence-electron chi connectivity index (χ2n) is 8.73. The van der Waals surface area contributed by atoms with Gasteiger partial charge in [0.15, 0.2) is 0 Å². The lowest BCUT2D eigenvalue weighted by Crippen LogP contribution is -2.51. The first-order valence-corrected chi connectivity index (χ1v) is 13.8. The fraction of sp³-hybridized carbons (Fsp3) is 0.286. The van der Waals surface area contributed by atoms with Gasteiger partial charge in [-0.15, -0.1) is 0 Å². The van der Waals surface area contributed by atoms with Crippen LogP contribution in [0.5, 0.6) is 0 Å². The molecule has 0 aliphatic heterocycles. The van der Waals surface area contributed by atoms with Crippen LogP contribution in [0.3, 0.4) is 0 Å². The molecule has 0 saturated heterocycles. The van der Waals surface area contributed by atoms with Crippen molar-refractivity contribution in [1.82, 2.24) is 10.2 Å². The topological polar surface area (TPSA) is 86.8 Å². The predicted molar refractivity (Wildman–Crippen MR) is 147 cm³/mol. The highest BCUT2D eigenvalue weighted by Gasteiger charge is 2.33. The van der Waals surface area contributed by atoms with E-state index in [1.807, 2.05) is 19.9 Å². The van der Waals surface area contributed by atoms with Crippen LogP contribution in [0.4, 0.5) is 5.69 Å². The zero-order valence-corrected chi connectivity index (χ0v) is 23.0. The van der Waals surface area contributed by atoms with Crippen LogP contribution >= 0.6 is 11.6 Å². The molecular weight excluding hydrogens is 510 g/mol. The zero-order valence-electron chi connectivity index (χ0n) is 21.4. The molecule has 1 atom stereocenters. The lowest BCUT2D eigenvalue weighted by atomic mass is 10.1. The van der Waals surface area contributed by atoms with Gasteiger partial charge in [-0.2, -0.15) is 0 Å². The van der Waals surface area contributed by atoms with E-state index in [9.17, 15) is 18.0 Å². The molecule has 0 aliphatic rings. The normalized spacial score (nSPS) is 12.0. The summed E-state index contributed by atoms with van der Waals surface area (Å²) in [5.74, 6) is -0.869. The number of likely N-dealkylation sites (N-methyl/N-ethyl adjacent to an activating group) is 1. The van der Waals surface area contributed by atoms with Crippen molar-refractivity contribution in [3.05, 3.63) is 94.5 Å². The monoisotopic (exact) mass is 541 g/mol. The van der Waals surface area contributed by atoms with Crippen molar-refractivity contribution in [2.45, 2.75) is 45.2 Å². The van der Waals surface area contributed by atoms with Gasteiger partial charge in [-0.3, -0.25) is 13.9 Å². The number of rotatable bonds is 10. The molecule has 9 heteroatoms. The first kappa shape index (κ1) is 28.2. The number of nitrogens with one attached hydrogen (secondary N) is 1. The third kappa shape index (κ3) is 6.50. The van der Waals surface area contributed by atoms with Gasteiger partial charge < -0.3 is 10.2 Å². The predicted octanol–water partition coefficient (Wildman–Crippen LogP) is 4.71. The Morgan fingerprint density at radius 1 is 0.946 bits per heavy atom. The Morgan fingerprint density at radius 3 is 2.24 bits per heavy atom. The van der Waals surface area contributed by atoms with Gasteiger partial charge in [0, 0.05) is 18.1 Å². The van der Waals surface area contributed by atoms with Crippen molar-refractivity contribution >= 4 is 39.1 Å². The molecule has 3 rings (SSSR count). The average Bonchev–Trinajstić information content (AvgIpc) is 2.88. The molecule has 2 amide bonds. The summed E-state index contributed by atoms with van der Waals surface area (Å²) in [5.41, 5.74) is 2.68. The summed E-state index contributed by atoms with van der Waals surface area (Å²) in [6, 6.07) is 19.5. The first-order chi connectivity index (χ1) is 17.6. The van der Waals surface area contributed by atoms with Gasteiger partial charge in [-0.1, -0.05) is 60.1 Å². The number of aryl methyl sites for hydroxylation is 1. The van der Waals surface area contributed by atoms with E-state index in [1.54, 1.807) is 68.4 Å². The molecule has 0 heterocycles. The second kappa shape index (κ2) is 12.3. The molecule has 196 valence electrons. The molecule has 1 unspecified atom stereocenters. The Balaban J connectivity index is 2.08. The molecule has 0 fully saturated rings. The standard InChI is InChI=1S/C28H32ClN3O4S/c1-5-30-28(34)22(4)31(18-23-13-9-10-16-25(23)29)27(33)19-32(26-17-11-12-20(2)21(26)3)37(35,36)24-14-7-6-8-15-24/h6-17,22H,5,18-19H2,1-4H3,(H,30,34). The number of anilines is 1. The Labute approximate surface area is 224 Å². The quantitative estimate of drug-likeness (QED) is 0.403. The van der Waals surface area contributed by atoms with Crippen LogP contribution in [0.15, 0.2) is 77.7 Å². The van der Waals surface area contributed by atoms with Crippen molar-refractivity contribution in [3.8, 4) is 0 Å². The minimum atomic E-state index is -4.10. The maximum absolute atomic E-state index is 13.9. The van der Waals surface area contributed by atoms with Gasteiger partial charge >= 0.3 is 0 Å². The van der Waals surface area contributed by atoms with Gasteiger partial charge in [0.05, 0.1) is 10.6 Å². The summed E-state index contributed by atoms with van der Waals surface area (Å²) in [6.45, 7) is 7.07. The molecular formula is C28H32ClN3O4S. The molecule has 0 saturated carbocycles. The van der Waals surface area contributed by atoms with Crippen molar-refractivity contribution < 1.29 is 18.0 Å². The highest BCUT2D eigenvalue weighted by atomic mass is 35.5. The maximum atomic E-state index is 13.9. The molecule has 0 spiro atoms. The van der Waals surface area contributed by atoms with Crippen molar-refractivity contribution in [2.75, 3.05) is 17.4 Å². The lowest BCUT2D eigenvalue weighted by Gasteiger charge is -2.32. The first-order valence-electron chi connectivity index (χ1n) is 12.0. The molecule has 0 aromatic heterocycles. The van der Waals surface area contributed by atoms with Gasteiger partial charge in [0.2, 0.25) is 11.8 Å². The fourth-order valence-corrected chi connectivity index (χ4v) is 5.64. The minimum Gasteiger partial charge on any atom is -0.355 e. The van der Waals surface area contributed by atoms with E-state index in [2.05, 4.69) is 5.32 Å². The molecule has 37 heavy (non-hydrogen) atoms. The van der Waals surface area contributed by atoms with Crippen molar-refractivity contribution in [1.29, 1.82) is 0 Å². The van der Waals surface area contributed by atoms with E-state index in [1.165, 1.54) is 17.0 Å². The molecule has 0 aliphatic carbocycles. The number of amides is 2. The number of hydrogen-bond acceptors (Lipinski definition) is 4. The number of halogens is 1. The number of sulfonamides is 1. The molecule has 7 nitrogen and oxygen atoms in total. The van der Waals surface area contributed by atoms with Gasteiger partial charge in [0.25, 0.3) is 10.0 Å². The zero-order chi connectivity index (χ0) is 27.2. The summed E-state index contributed by atoms with van der Waals surface area (Å²) >= 11 is 6.37. The highest BCUT2D eigenvalue weighted by molar-refractivity contribution is 7.92. The number of hydrogen-bond donors (Lipinski definition) is 1. The van der Waals surface area contributed by atoms with Crippen LogP contribution in [-0.2, 0) is 26.2 Å². The maximum Gasteiger partial charge on any atom is 0.264 e. The summed E-state index contributed by atoms with van der Waals surface area (Å²) in [4.78, 5) is 28.1.